The normalized spacial score (nSPS) is 21.3. The zero-order chi connectivity index (χ0) is 11.4. The maximum atomic E-state index is 11.7. The fourth-order valence-corrected chi connectivity index (χ4v) is 2.06. The van der Waals surface area contributed by atoms with Crippen LogP contribution in [0.3, 0.4) is 0 Å². The number of nitrogens with one attached hydrogen (secondary N) is 1. The van der Waals surface area contributed by atoms with Crippen molar-refractivity contribution < 1.29 is 4.79 Å². The summed E-state index contributed by atoms with van der Waals surface area (Å²) < 4.78 is 1.90. The van der Waals surface area contributed by atoms with E-state index in [1.54, 1.807) is 6.33 Å². The van der Waals surface area contributed by atoms with Crippen LogP contribution in [0.4, 0.5) is 0 Å². The van der Waals surface area contributed by atoms with Gasteiger partial charge in [0.15, 0.2) is 0 Å². The smallest absolute Gasteiger partial charge is 0.138 e. The quantitative estimate of drug-likeness (QED) is 0.801. The van der Waals surface area contributed by atoms with E-state index in [9.17, 15) is 4.79 Å². The topological polar surface area (TPSA) is 59.8 Å². The molecule has 1 aromatic heterocycles. The van der Waals surface area contributed by atoms with Crippen LogP contribution in [0.15, 0.2) is 6.33 Å². The highest BCUT2D eigenvalue weighted by Crippen LogP contribution is 2.12. The highest BCUT2D eigenvalue weighted by Gasteiger charge is 2.23. The third-order valence-corrected chi connectivity index (χ3v) is 2.95. The van der Waals surface area contributed by atoms with Crippen LogP contribution in [0.2, 0.25) is 0 Å². The van der Waals surface area contributed by atoms with E-state index in [0.29, 0.717) is 18.6 Å². The maximum Gasteiger partial charge on any atom is 0.138 e. The van der Waals surface area contributed by atoms with E-state index < -0.39 is 0 Å². The molecule has 1 fully saturated rings. The third-order valence-electron chi connectivity index (χ3n) is 2.95. The van der Waals surface area contributed by atoms with Crippen LogP contribution in [0, 0.1) is 5.92 Å². The van der Waals surface area contributed by atoms with Crippen LogP contribution in [0.25, 0.3) is 0 Å². The molecule has 0 aromatic carbocycles. The van der Waals surface area contributed by atoms with Gasteiger partial charge in [0.2, 0.25) is 0 Å². The first-order valence-electron chi connectivity index (χ1n) is 5.91. The highest BCUT2D eigenvalue weighted by molar-refractivity contribution is 5.82. The first kappa shape index (κ1) is 11.3. The molecule has 1 aliphatic heterocycles. The van der Waals surface area contributed by atoms with Crippen molar-refractivity contribution in [3.63, 3.8) is 0 Å². The SMILES string of the molecule is CCCn1ncnc1CC1CNCCC1=O. The monoisotopic (exact) mass is 222 g/mol. The number of aromatic nitrogens is 3. The molecule has 2 heterocycles. The van der Waals surface area contributed by atoms with Crippen molar-refractivity contribution >= 4 is 5.78 Å². The molecule has 88 valence electrons. The summed E-state index contributed by atoms with van der Waals surface area (Å²) in [5.41, 5.74) is 0. The number of carbonyl (C=O) groups is 1. The van der Waals surface area contributed by atoms with E-state index in [4.69, 9.17) is 0 Å². The van der Waals surface area contributed by atoms with Crippen LogP contribution in [-0.4, -0.2) is 33.6 Å². The van der Waals surface area contributed by atoms with Crippen molar-refractivity contribution in [1.29, 1.82) is 0 Å². The first-order valence-corrected chi connectivity index (χ1v) is 5.91. The number of aryl methyl sites for hydroxylation is 1. The summed E-state index contributed by atoms with van der Waals surface area (Å²) in [6, 6.07) is 0. The van der Waals surface area contributed by atoms with Gasteiger partial charge in [0.1, 0.15) is 17.9 Å². The number of carbonyl (C=O) groups excluding carboxylic acids is 1. The minimum absolute atomic E-state index is 0.0774. The zero-order valence-corrected chi connectivity index (χ0v) is 9.65. The largest absolute Gasteiger partial charge is 0.316 e. The van der Waals surface area contributed by atoms with Crippen LogP contribution < -0.4 is 5.32 Å². The number of Topliss-reactive ketones (excluding diaryl/α,β-unsaturated/α-hetero) is 1. The van der Waals surface area contributed by atoms with E-state index in [-0.39, 0.29) is 5.92 Å². The van der Waals surface area contributed by atoms with E-state index in [1.807, 2.05) is 4.68 Å². The molecule has 1 atom stereocenters. The van der Waals surface area contributed by atoms with Gasteiger partial charge in [-0.3, -0.25) is 9.48 Å². The standard InChI is InChI=1S/C11H18N4O/c1-2-5-15-11(13-8-14-15)6-9-7-12-4-3-10(9)16/h8-9,12H,2-7H2,1H3. The summed E-state index contributed by atoms with van der Waals surface area (Å²) in [5.74, 6) is 1.36. The van der Waals surface area contributed by atoms with Crippen LogP contribution >= 0.6 is 0 Å². The second-order valence-corrected chi connectivity index (χ2v) is 4.22. The Hall–Kier alpha value is -1.23. The van der Waals surface area contributed by atoms with E-state index in [0.717, 1.165) is 31.9 Å². The lowest BCUT2D eigenvalue weighted by Crippen LogP contribution is -2.38. The van der Waals surface area contributed by atoms with Gasteiger partial charge < -0.3 is 5.32 Å². The number of piperidine rings is 1. The minimum Gasteiger partial charge on any atom is -0.316 e. The predicted molar refractivity (Wildman–Crippen MR) is 60.0 cm³/mol. The fourth-order valence-electron chi connectivity index (χ4n) is 2.06. The van der Waals surface area contributed by atoms with Crippen molar-refractivity contribution in [2.24, 2.45) is 5.92 Å². The molecule has 0 amide bonds. The Bertz CT molecular complexity index is 361. The minimum atomic E-state index is 0.0774. The zero-order valence-electron chi connectivity index (χ0n) is 9.65. The van der Waals surface area contributed by atoms with Gasteiger partial charge in [0.25, 0.3) is 0 Å². The molecule has 0 radical (unpaired) electrons. The Balaban J connectivity index is 2.01. The van der Waals surface area contributed by atoms with Crippen molar-refractivity contribution in [3.05, 3.63) is 12.2 Å². The summed E-state index contributed by atoms with van der Waals surface area (Å²) in [6.45, 7) is 4.58. The Morgan fingerprint density at radius 1 is 1.62 bits per heavy atom. The van der Waals surface area contributed by atoms with Crippen molar-refractivity contribution in [2.75, 3.05) is 13.1 Å². The molecule has 0 aliphatic carbocycles. The number of hydrogen-bond acceptors (Lipinski definition) is 4. The highest BCUT2D eigenvalue weighted by atomic mass is 16.1. The predicted octanol–water partition coefficient (Wildman–Crippen LogP) is 0.409. The van der Waals surface area contributed by atoms with Gasteiger partial charge in [-0.25, -0.2) is 4.98 Å². The summed E-state index contributed by atoms with van der Waals surface area (Å²) >= 11 is 0. The Labute approximate surface area is 95.2 Å². The molecular weight excluding hydrogens is 204 g/mol. The Morgan fingerprint density at radius 3 is 3.25 bits per heavy atom. The summed E-state index contributed by atoms with van der Waals surface area (Å²) in [5, 5.41) is 7.42. The second kappa shape index (κ2) is 5.21. The third kappa shape index (κ3) is 2.47. The fraction of sp³-hybridized carbons (Fsp3) is 0.727. The number of ketones is 1. The molecule has 0 spiro atoms. The second-order valence-electron chi connectivity index (χ2n) is 4.22. The molecule has 5 nitrogen and oxygen atoms in total. The average molecular weight is 222 g/mol. The summed E-state index contributed by atoms with van der Waals surface area (Å²) in [4.78, 5) is 15.9. The van der Waals surface area contributed by atoms with E-state index >= 15 is 0 Å². The Kier molecular flexibility index (Phi) is 3.66. The molecule has 1 aromatic rings. The molecular formula is C11H18N4O. The molecule has 1 saturated heterocycles. The molecule has 0 bridgehead atoms. The van der Waals surface area contributed by atoms with Gasteiger partial charge in [-0.05, 0) is 6.42 Å². The molecule has 2 rings (SSSR count). The van der Waals surface area contributed by atoms with Gasteiger partial charge >= 0.3 is 0 Å². The Morgan fingerprint density at radius 2 is 2.50 bits per heavy atom. The summed E-state index contributed by atoms with van der Waals surface area (Å²) in [6.07, 6.45) is 3.97. The van der Waals surface area contributed by atoms with Crippen molar-refractivity contribution in [2.45, 2.75) is 32.7 Å². The molecule has 1 N–H and O–H groups in total. The maximum absolute atomic E-state index is 11.7. The van der Waals surface area contributed by atoms with Gasteiger partial charge in [-0.15, -0.1) is 0 Å². The molecule has 1 unspecified atom stereocenters. The van der Waals surface area contributed by atoms with Gasteiger partial charge in [-0.2, -0.15) is 5.10 Å². The number of rotatable bonds is 4. The molecule has 5 heteroatoms. The lowest BCUT2D eigenvalue weighted by Gasteiger charge is -2.21. The van der Waals surface area contributed by atoms with Crippen LogP contribution in [-0.2, 0) is 17.8 Å². The van der Waals surface area contributed by atoms with E-state index in [1.165, 1.54) is 0 Å². The van der Waals surface area contributed by atoms with Crippen LogP contribution in [0.5, 0.6) is 0 Å². The summed E-state index contributed by atoms with van der Waals surface area (Å²) in [7, 11) is 0. The van der Waals surface area contributed by atoms with Crippen molar-refractivity contribution in [3.8, 4) is 0 Å². The van der Waals surface area contributed by atoms with Gasteiger partial charge in [-0.1, -0.05) is 6.92 Å². The van der Waals surface area contributed by atoms with Crippen LogP contribution in [0.1, 0.15) is 25.6 Å². The number of hydrogen-bond donors (Lipinski definition) is 1. The molecule has 1 aliphatic rings. The van der Waals surface area contributed by atoms with Gasteiger partial charge in [0, 0.05) is 38.4 Å². The van der Waals surface area contributed by atoms with Gasteiger partial charge in [0.05, 0.1) is 0 Å². The van der Waals surface area contributed by atoms with E-state index in [2.05, 4.69) is 22.3 Å². The molecule has 0 saturated carbocycles. The van der Waals surface area contributed by atoms with Crippen molar-refractivity contribution in [1.82, 2.24) is 20.1 Å². The average Bonchev–Trinajstić information content (AvgIpc) is 2.70. The first-order chi connectivity index (χ1) is 7.81. The lowest BCUT2D eigenvalue weighted by atomic mass is 9.94. The molecule has 16 heavy (non-hydrogen) atoms. The lowest BCUT2D eigenvalue weighted by molar-refractivity contribution is -0.123. The number of nitrogens with zero attached hydrogens (tertiary/aromatic N) is 3.